The van der Waals surface area contributed by atoms with Gasteiger partial charge in [0.05, 0.1) is 4.88 Å². The Kier molecular flexibility index (Phi) is 10.8. The molecule has 1 aromatic heterocycles. The fourth-order valence-electron chi connectivity index (χ4n) is 6.93. The van der Waals surface area contributed by atoms with Crippen LogP contribution in [0.4, 0.5) is 0 Å². The molecule has 0 atom stereocenters. The van der Waals surface area contributed by atoms with Crippen LogP contribution >= 0.6 is 32.9 Å². The van der Waals surface area contributed by atoms with Gasteiger partial charge in [0.1, 0.15) is 9.57 Å². The number of hydrogen-bond donors (Lipinski definition) is 1. The number of phenolic OH excluding ortho intramolecular Hbond substituents is 1. The fourth-order valence-corrected chi connectivity index (χ4v) is 9.83. The Hall–Kier alpha value is -3.21. The van der Waals surface area contributed by atoms with E-state index in [1.165, 1.54) is 27.1 Å². The first-order valence-corrected chi connectivity index (χ1v) is 19.6. The molecule has 5 nitrogen and oxygen atoms in total. The van der Waals surface area contributed by atoms with Crippen LogP contribution < -0.4 is 0 Å². The molecular weight excluding hydrogens is 649 g/mol. The predicted molar refractivity (Wildman–Crippen MR) is 204 cm³/mol. The van der Waals surface area contributed by atoms with Crippen LogP contribution in [-0.4, -0.2) is 77.1 Å². The fraction of sp³-hybridized carbons (Fsp3) is 0.325. The van der Waals surface area contributed by atoms with E-state index in [1.807, 2.05) is 0 Å². The molecule has 4 aromatic carbocycles. The van der Waals surface area contributed by atoms with Gasteiger partial charge in [-0.25, -0.2) is 0 Å². The summed E-state index contributed by atoms with van der Waals surface area (Å²) in [6.07, 6.45) is 0. The van der Waals surface area contributed by atoms with Crippen molar-refractivity contribution in [1.82, 2.24) is 19.6 Å². The molecule has 0 saturated carbocycles. The zero-order valence-corrected chi connectivity index (χ0v) is 30.1. The molecule has 0 radical (unpaired) electrons. The van der Waals surface area contributed by atoms with Crippen LogP contribution in [0.15, 0.2) is 97.1 Å². The number of rotatable bonds is 10. The van der Waals surface area contributed by atoms with Crippen LogP contribution in [0.3, 0.4) is 0 Å². The highest BCUT2D eigenvalue weighted by Crippen LogP contribution is 2.43. The molecule has 2 aliphatic rings. The average Bonchev–Trinajstić information content (AvgIpc) is 3.50. The van der Waals surface area contributed by atoms with Crippen molar-refractivity contribution in [2.45, 2.75) is 33.1 Å². The molecule has 1 N–H and O–H groups in total. The van der Waals surface area contributed by atoms with Crippen molar-refractivity contribution >= 4 is 32.9 Å². The Balaban J connectivity index is 1.12. The molecule has 2 fully saturated rings. The average molecular weight is 693 g/mol. The lowest BCUT2D eigenvalue weighted by molar-refractivity contribution is 0.119. The summed E-state index contributed by atoms with van der Waals surface area (Å²) >= 11 is 5.91. The van der Waals surface area contributed by atoms with Gasteiger partial charge in [-0.3, -0.25) is 19.6 Å². The van der Waals surface area contributed by atoms with Gasteiger partial charge in [0.15, 0.2) is 0 Å². The Morgan fingerprint density at radius 2 is 1.00 bits per heavy atom. The van der Waals surface area contributed by atoms with Crippen LogP contribution in [0.5, 0.6) is 5.75 Å². The van der Waals surface area contributed by atoms with Gasteiger partial charge in [0.25, 0.3) is 0 Å². The lowest BCUT2D eigenvalue weighted by Crippen LogP contribution is -2.45. The second kappa shape index (κ2) is 15.6. The van der Waals surface area contributed by atoms with E-state index in [-0.39, 0.29) is 0 Å². The van der Waals surface area contributed by atoms with Crippen LogP contribution in [0.25, 0.3) is 21.6 Å². The number of phenols is 1. The van der Waals surface area contributed by atoms with Crippen molar-refractivity contribution < 1.29 is 5.11 Å². The number of piperazine rings is 2. The van der Waals surface area contributed by atoms with Gasteiger partial charge in [-0.2, -0.15) is 0 Å². The van der Waals surface area contributed by atoms with Crippen LogP contribution in [-0.2, 0) is 26.2 Å². The summed E-state index contributed by atoms with van der Waals surface area (Å²) in [5.74, 6) is 0.452. The van der Waals surface area contributed by atoms with E-state index in [9.17, 15) is 5.11 Å². The zero-order chi connectivity index (χ0) is 32.9. The van der Waals surface area contributed by atoms with Gasteiger partial charge in [-0.15, -0.1) is 0 Å². The Morgan fingerprint density at radius 1 is 0.562 bits per heavy atom. The molecule has 2 saturated heterocycles. The molecule has 0 amide bonds. The molecule has 5 aromatic rings. The maximum absolute atomic E-state index is 11.8. The summed E-state index contributed by atoms with van der Waals surface area (Å²) in [7, 11) is 3.44. The first-order valence-electron chi connectivity index (χ1n) is 17.0. The van der Waals surface area contributed by atoms with E-state index < -0.39 is 0 Å². The summed E-state index contributed by atoms with van der Waals surface area (Å²) in [6, 6.07) is 34.7. The van der Waals surface area contributed by atoms with Crippen molar-refractivity contribution in [3.05, 3.63) is 129 Å². The van der Waals surface area contributed by atoms with Gasteiger partial charge >= 0.3 is 0 Å². The number of benzene rings is 4. The third kappa shape index (κ3) is 8.14. The third-order valence-electron chi connectivity index (χ3n) is 9.72. The summed E-state index contributed by atoms with van der Waals surface area (Å²) in [5.41, 5.74) is 9.48. The molecule has 0 spiro atoms. The Bertz CT molecular complexity index is 1750. The van der Waals surface area contributed by atoms with Crippen molar-refractivity contribution in [3.63, 3.8) is 0 Å². The van der Waals surface area contributed by atoms with Crippen molar-refractivity contribution in [3.8, 4) is 27.3 Å². The molecule has 0 bridgehead atoms. The van der Waals surface area contributed by atoms with Gasteiger partial charge in [-0.1, -0.05) is 123 Å². The highest BCUT2D eigenvalue weighted by Gasteiger charge is 2.24. The molecule has 248 valence electrons. The van der Waals surface area contributed by atoms with E-state index in [1.54, 1.807) is 20.7 Å². The van der Waals surface area contributed by atoms with Crippen molar-refractivity contribution in [1.29, 1.82) is 0 Å². The normalized spacial score (nSPS) is 16.8. The molecule has 0 aliphatic carbocycles. The van der Waals surface area contributed by atoms with E-state index in [2.05, 4.69) is 124 Å². The third-order valence-corrected chi connectivity index (χ3v) is 12.8. The first kappa shape index (κ1) is 33.3. The monoisotopic (exact) mass is 692 g/mol. The second-order valence-corrected chi connectivity index (χ2v) is 16.1. The van der Waals surface area contributed by atoms with E-state index in [0.29, 0.717) is 5.75 Å². The van der Waals surface area contributed by atoms with Crippen molar-refractivity contribution in [2.75, 3.05) is 52.4 Å². The SMILES string of the molecule is Cc1ccc(-c2c(-c3cc(CN4CCN(Cc5ccccc5)CC4)c(O)c(CN4CCN(Cc5ccccc5)CC4)c3)ssc2=S)cc1. The Morgan fingerprint density at radius 3 is 1.46 bits per heavy atom. The highest BCUT2D eigenvalue weighted by atomic mass is 32.9. The van der Waals surface area contributed by atoms with Crippen LogP contribution in [0, 0.1) is 10.7 Å². The minimum absolute atomic E-state index is 0.452. The van der Waals surface area contributed by atoms with Gasteiger partial charge in [-0.05, 0) is 41.3 Å². The standard InChI is InChI=1S/C40H44N4OS3/c1-30-12-14-33(15-13-30)37-39(47-48-40(37)46)34-24-35(28-43-20-16-41(17-21-43)26-31-8-4-2-5-9-31)38(45)36(25-34)29-44-22-18-42(19-23-44)27-32-10-6-3-7-11-32/h2-15,24-25,45H,16-23,26-29H2,1H3. The molecule has 48 heavy (non-hydrogen) atoms. The Labute approximate surface area is 297 Å². The number of nitrogens with zero attached hydrogens (tertiary/aromatic N) is 4. The molecule has 2 aliphatic heterocycles. The molecule has 7 rings (SSSR count). The van der Waals surface area contributed by atoms with Crippen LogP contribution in [0.2, 0.25) is 0 Å². The largest absolute Gasteiger partial charge is 0.507 e. The highest BCUT2D eigenvalue weighted by molar-refractivity contribution is 7.80. The summed E-state index contributed by atoms with van der Waals surface area (Å²) in [6.45, 7) is 13.6. The number of hydrogen-bond acceptors (Lipinski definition) is 8. The van der Waals surface area contributed by atoms with Gasteiger partial charge in [0, 0.05) is 95.2 Å². The summed E-state index contributed by atoms with van der Waals surface area (Å²) in [5, 5.41) is 11.8. The second-order valence-electron chi connectivity index (χ2n) is 13.2. The summed E-state index contributed by atoms with van der Waals surface area (Å²) in [4.78, 5) is 11.3. The smallest absolute Gasteiger partial charge is 0.124 e. The summed E-state index contributed by atoms with van der Waals surface area (Å²) < 4.78 is 0.930. The molecule has 8 heteroatoms. The van der Waals surface area contributed by atoms with Crippen molar-refractivity contribution in [2.24, 2.45) is 0 Å². The maximum Gasteiger partial charge on any atom is 0.124 e. The van der Waals surface area contributed by atoms with Gasteiger partial charge < -0.3 is 5.11 Å². The number of aromatic hydroxyl groups is 1. The van der Waals surface area contributed by atoms with E-state index >= 15 is 0 Å². The lowest BCUT2D eigenvalue weighted by Gasteiger charge is -2.36. The minimum atomic E-state index is 0.452. The minimum Gasteiger partial charge on any atom is -0.507 e. The van der Waals surface area contributed by atoms with E-state index in [4.69, 9.17) is 12.2 Å². The predicted octanol–water partition coefficient (Wildman–Crippen LogP) is 8.52. The van der Waals surface area contributed by atoms with E-state index in [0.717, 1.165) is 105 Å². The molecule has 3 heterocycles. The zero-order valence-electron chi connectivity index (χ0n) is 27.7. The van der Waals surface area contributed by atoms with Crippen LogP contribution in [0.1, 0.15) is 27.8 Å². The topological polar surface area (TPSA) is 33.2 Å². The molecular formula is C40H44N4OS3. The van der Waals surface area contributed by atoms with Gasteiger partial charge in [0.2, 0.25) is 0 Å². The maximum atomic E-state index is 11.8. The lowest BCUT2D eigenvalue weighted by atomic mass is 9.97. The quantitative estimate of drug-likeness (QED) is 0.117. The first-order chi connectivity index (χ1) is 23.5. The number of aryl methyl sites for hydroxylation is 1. The molecule has 0 unspecified atom stereocenters.